The molecule has 1 heterocycles. The van der Waals surface area contributed by atoms with Crippen LogP contribution >= 0.6 is 0 Å². The molecular weight excluding hydrogens is 252 g/mol. The zero-order valence-corrected chi connectivity index (χ0v) is 9.91. The Bertz CT molecular complexity index is 607. The number of carboxylic acid groups (broad SMARTS) is 1. The highest BCUT2D eigenvalue weighted by molar-refractivity contribution is 6.36. The number of carboxylic acids is 1. The molecule has 0 fully saturated rings. The Hall–Kier alpha value is -2.83. The van der Waals surface area contributed by atoms with Crippen LogP contribution in [-0.2, 0) is 9.59 Å². The van der Waals surface area contributed by atoms with Gasteiger partial charge in [0.05, 0.1) is 7.11 Å². The van der Waals surface area contributed by atoms with E-state index in [2.05, 4.69) is 10.3 Å². The average molecular weight is 262 g/mol. The Morgan fingerprint density at radius 2 is 2.21 bits per heavy atom. The third-order valence-electron chi connectivity index (χ3n) is 2.36. The number of amides is 1. The van der Waals surface area contributed by atoms with Gasteiger partial charge in [-0.1, -0.05) is 0 Å². The standard InChI is InChI=1S/C12H10N2O5/c1-18-10-4-7(14-11(15)12(16)17)2-3-8(10)9-5-19-6-13-9/h2-6H,1H3,(H,14,15)(H,16,17). The Morgan fingerprint density at radius 1 is 1.42 bits per heavy atom. The second-order valence-corrected chi connectivity index (χ2v) is 3.55. The van der Waals surface area contributed by atoms with Crippen molar-refractivity contribution >= 4 is 17.6 Å². The third kappa shape index (κ3) is 2.71. The van der Waals surface area contributed by atoms with Gasteiger partial charge in [-0.25, -0.2) is 9.78 Å². The molecule has 0 atom stereocenters. The van der Waals surface area contributed by atoms with Gasteiger partial charge in [0.25, 0.3) is 0 Å². The first kappa shape index (κ1) is 12.6. The van der Waals surface area contributed by atoms with Crippen molar-refractivity contribution in [1.82, 2.24) is 4.98 Å². The molecule has 0 aliphatic rings. The van der Waals surface area contributed by atoms with E-state index in [4.69, 9.17) is 14.3 Å². The van der Waals surface area contributed by atoms with Crippen LogP contribution in [0, 0.1) is 0 Å². The number of aromatic nitrogens is 1. The number of oxazole rings is 1. The van der Waals surface area contributed by atoms with Gasteiger partial charge in [-0.15, -0.1) is 0 Å². The molecule has 0 bridgehead atoms. The van der Waals surface area contributed by atoms with Crippen LogP contribution in [0.15, 0.2) is 35.3 Å². The molecule has 98 valence electrons. The number of carbonyl (C=O) groups is 2. The molecule has 7 heteroatoms. The molecule has 0 saturated heterocycles. The fourth-order valence-corrected chi connectivity index (χ4v) is 1.51. The Labute approximate surface area is 107 Å². The first-order valence-corrected chi connectivity index (χ1v) is 5.22. The van der Waals surface area contributed by atoms with Gasteiger partial charge in [0, 0.05) is 17.3 Å². The van der Waals surface area contributed by atoms with E-state index in [9.17, 15) is 9.59 Å². The van der Waals surface area contributed by atoms with E-state index < -0.39 is 11.9 Å². The molecule has 0 spiro atoms. The maximum absolute atomic E-state index is 11.0. The highest BCUT2D eigenvalue weighted by Crippen LogP contribution is 2.31. The summed E-state index contributed by atoms with van der Waals surface area (Å²) >= 11 is 0. The number of carbonyl (C=O) groups excluding carboxylic acids is 1. The Kier molecular flexibility index (Phi) is 3.46. The normalized spacial score (nSPS) is 9.95. The van der Waals surface area contributed by atoms with Gasteiger partial charge >= 0.3 is 11.9 Å². The molecule has 2 aromatic rings. The van der Waals surface area contributed by atoms with Crippen molar-refractivity contribution in [3.05, 3.63) is 30.9 Å². The quantitative estimate of drug-likeness (QED) is 0.810. The average Bonchev–Trinajstić information content (AvgIpc) is 2.92. The first-order chi connectivity index (χ1) is 9.11. The van der Waals surface area contributed by atoms with Gasteiger partial charge in [-0.05, 0) is 12.1 Å². The molecular formula is C12H10N2O5. The van der Waals surface area contributed by atoms with E-state index in [0.29, 0.717) is 22.7 Å². The van der Waals surface area contributed by atoms with E-state index in [1.807, 2.05) is 0 Å². The molecule has 7 nitrogen and oxygen atoms in total. The van der Waals surface area contributed by atoms with Gasteiger partial charge < -0.3 is 19.6 Å². The van der Waals surface area contributed by atoms with E-state index in [1.165, 1.54) is 25.8 Å². The maximum atomic E-state index is 11.0. The lowest BCUT2D eigenvalue weighted by molar-refractivity contribution is -0.147. The van der Waals surface area contributed by atoms with Gasteiger partial charge in [0.15, 0.2) is 6.39 Å². The lowest BCUT2D eigenvalue weighted by Gasteiger charge is -2.09. The summed E-state index contributed by atoms with van der Waals surface area (Å²) in [6.45, 7) is 0. The Morgan fingerprint density at radius 3 is 2.79 bits per heavy atom. The fraction of sp³-hybridized carbons (Fsp3) is 0.0833. The van der Waals surface area contributed by atoms with Crippen LogP contribution in [0.2, 0.25) is 0 Å². The number of methoxy groups -OCH3 is 1. The van der Waals surface area contributed by atoms with Crippen molar-refractivity contribution in [2.24, 2.45) is 0 Å². The number of anilines is 1. The van der Waals surface area contributed by atoms with Crippen molar-refractivity contribution in [1.29, 1.82) is 0 Å². The highest BCUT2D eigenvalue weighted by Gasteiger charge is 2.14. The largest absolute Gasteiger partial charge is 0.496 e. The second kappa shape index (κ2) is 5.21. The summed E-state index contributed by atoms with van der Waals surface area (Å²) in [5.41, 5.74) is 1.56. The lowest BCUT2D eigenvalue weighted by Crippen LogP contribution is -2.21. The summed E-state index contributed by atoms with van der Waals surface area (Å²) in [7, 11) is 1.46. The summed E-state index contributed by atoms with van der Waals surface area (Å²) in [4.78, 5) is 25.5. The van der Waals surface area contributed by atoms with Crippen LogP contribution in [-0.4, -0.2) is 29.1 Å². The molecule has 1 aromatic heterocycles. The molecule has 0 unspecified atom stereocenters. The molecule has 0 radical (unpaired) electrons. The van der Waals surface area contributed by atoms with E-state index in [1.54, 1.807) is 12.1 Å². The van der Waals surface area contributed by atoms with Gasteiger partial charge in [-0.2, -0.15) is 0 Å². The fourth-order valence-electron chi connectivity index (χ4n) is 1.51. The van der Waals surface area contributed by atoms with Gasteiger partial charge in [0.2, 0.25) is 0 Å². The minimum atomic E-state index is -1.56. The topological polar surface area (TPSA) is 102 Å². The molecule has 2 N–H and O–H groups in total. The van der Waals surface area contributed by atoms with Crippen LogP contribution < -0.4 is 10.1 Å². The van der Waals surface area contributed by atoms with Crippen molar-refractivity contribution < 1.29 is 23.8 Å². The lowest BCUT2D eigenvalue weighted by atomic mass is 10.1. The van der Waals surface area contributed by atoms with Crippen LogP contribution in [0.25, 0.3) is 11.3 Å². The number of benzene rings is 1. The minimum absolute atomic E-state index is 0.316. The van der Waals surface area contributed by atoms with Gasteiger partial charge in [-0.3, -0.25) is 4.79 Å². The summed E-state index contributed by atoms with van der Waals surface area (Å²) < 4.78 is 10.1. The summed E-state index contributed by atoms with van der Waals surface area (Å²) in [6.07, 6.45) is 2.74. The summed E-state index contributed by atoms with van der Waals surface area (Å²) in [6, 6.07) is 4.70. The van der Waals surface area contributed by atoms with Crippen LogP contribution in [0.3, 0.4) is 0 Å². The smallest absolute Gasteiger partial charge is 0.394 e. The predicted molar refractivity (Wildman–Crippen MR) is 64.8 cm³/mol. The molecule has 1 amide bonds. The summed E-state index contributed by atoms with van der Waals surface area (Å²) in [5, 5.41) is 10.7. The van der Waals surface area contributed by atoms with E-state index in [0.717, 1.165) is 0 Å². The van der Waals surface area contributed by atoms with Crippen molar-refractivity contribution in [2.45, 2.75) is 0 Å². The number of hydrogen-bond donors (Lipinski definition) is 2. The minimum Gasteiger partial charge on any atom is -0.496 e. The van der Waals surface area contributed by atoms with Crippen LogP contribution in [0.1, 0.15) is 0 Å². The molecule has 0 saturated carbocycles. The van der Waals surface area contributed by atoms with Crippen molar-refractivity contribution in [2.75, 3.05) is 12.4 Å². The van der Waals surface area contributed by atoms with E-state index >= 15 is 0 Å². The van der Waals surface area contributed by atoms with Crippen LogP contribution in [0.5, 0.6) is 5.75 Å². The third-order valence-corrected chi connectivity index (χ3v) is 2.36. The number of rotatable bonds is 3. The summed E-state index contributed by atoms with van der Waals surface area (Å²) in [5.74, 6) is -2.23. The number of hydrogen-bond acceptors (Lipinski definition) is 5. The van der Waals surface area contributed by atoms with E-state index in [-0.39, 0.29) is 0 Å². The van der Waals surface area contributed by atoms with Crippen molar-refractivity contribution in [3.63, 3.8) is 0 Å². The number of nitrogens with one attached hydrogen (secondary N) is 1. The molecule has 1 aromatic carbocycles. The Balaban J connectivity index is 2.31. The zero-order valence-electron chi connectivity index (χ0n) is 9.91. The van der Waals surface area contributed by atoms with Crippen LogP contribution in [0.4, 0.5) is 5.69 Å². The number of aliphatic carboxylic acids is 1. The highest BCUT2D eigenvalue weighted by atomic mass is 16.5. The molecule has 2 rings (SSSR count). The SMILES string of the molecule is COc1cc(NC(=O)C(=O)O)ccc1-c1cocn1. The van der Waals surface area contributed by atoms with Crippen molar-refractivity contribution in [3.8, 4) is 17.0 Å². The predicted octanol–water partition coefficient (Wildman–Crippen LogP) is 1.37. The first-order valence-electron chi connectivity index (χ1n) is 5.22. The second-order valence-electron chi connectivity index (χ2n) is 3.55. The van der Waals surface area contributed by atoms with Gasteiger partial charge in [0.1, 0.15) is 17.7 Å². The molecule has 19 heavy (non-hydrogen) atoms. The number of nitrogens with zero attached hydrogens (tertiary/aromatic N) is 1. The molecule has 0 aliphatic heterocycles. The maximum Gasteiger partial charge on any atom is 0.394 e. The monoisotopic (exact) mass is 262 g/mol. The number of ether oxygens (including phenoxy) is 1. The molecule has 0 aliphatic carbocycles. The zero-order chi connectivity index (χ0) is 13.8.